The number of hydrogen-bond acceptors (Lipinski definition) is 4. The summed E-state index contributed by atoms with van der Waals surface area (Å²) in [6, 6.07) is 0. The van der Waals surface area contributed by atoms with Gasteiger partial charge in [-0.25, -0.2) is 4.79 Å². The Morgan fingerprint density at radius 1 is 1.31 bits per heavy atom. The highest BCUT2D eigenvalue weighted by atomic mass is 16.6. The van der Waals surface area contributed by atoms with Crippen molar-refractivity contribution in [2.24, 2.45) is 0 Å². The van der Waals surface area contributed by atoms with Gasteiger partial charge in [-0.2, -0.15) is 0 Å². The smallest absolute Gasteiger partial charge is 0.338 e. The van der Waals surface area contributed by atoms with Gasteiger partial charge < -0.3 is 14.6 Å². The topological polar surface area (TPSA) is 55.8 Å². The van der Waals surface area contributed by atoms with E-state index < -0.39 is 11.6 Å². The first-order valence-electron chi connectivity index (χ1n) is 6.22. The zero-order valence-corrected chi connectivity index (χ0v) is 9.61. The molecule has 1 N–H and O–H groups in total. The zero-order chi connectivity index (χ0) is 11.4. The minimum absolute atomic E-state index is 0.0381. The molecule has 1 saturated carbocycles. The Hall–Kier alpha value is -0.610. The second kappa shape index (κ2) is 5.15. The Labute approximate surface area is 95.9 Å². The molecule has 1 heterocycles. The van der Waals surface area contributed by atoms with Crippen molar-refractivity contribution in [3.63, 3.8) is 0 Å². The lowest BCUT2D eigenvalue weighted by Crippen LogP contribution is -2.42. The summed E-state index contributed by atoms with van der Waals surface area (Å²) in [4.78, 5) is 11.7. The van der Waals surface area contributed by atoms with Crippen LogP contribution in [-0.2, 0) is 14.3 Å². The molecule has 1 aliphatic heterocycles. The van der Waals surface area contributed by atoms with E-state index in [1.165, 1.54) is 0 Å². The van der Waals surface area contributed by atoms with Gasteiger partial charge >= 0.3 is 5.97 Å². The monoisotopic (exact) mass is 228 g/mol. The van der Waals surface area contributed by atoms with Crippen LogP contribution in [0, 0.1) is 0 Å². The molecule has 1 saturated heterocycles. The molecule has 0 amide bonds. The molecular weight excluding hydrogens is 208 g/mol. The first-order valence-corrected chi connectivity index (χ1v) is 6.22. The molecule has 4 heteroatoms. The molecule has 2 rings (SSSR count). The fourth-order valence-electron chi connectivity index (χ4n) is 2.42. The van der Waals surface area contributed by atoms with Crippen LogP contribution in [0.2, 0.25) is 0 Å². The highest BCUT2D eigenvalue weighted by Gasteiger charge is 2.39. The molecule has 1 aliphatic carbocycles. The minimum Gasteiger partial charge on any atom is -0.461 e. The molecule has 0 radical (unpaired) electrons. The van der Waals surface area contributed by atoms with Gasteiger partial charge in [0.25, 0.3) is 0 Å². The first kappa shape index (κ1) is 11.9. The van der Waals surface area contributed by atoms with Crippen molar-refractivity contribution < 1.29 is 19.4 Å². The summed E-state index contributed by atoms with van der Waals surface area (Å²) >= 11 is 0. The number of rotatable bonds is 3. The molecular formula is C12H20O4. The van der Waals surface area contributed by atoms with E-state index in [1.807, 2.05) is 0 Å². The van der Waals surface area contributed by atoms with Gasteiger partial charge in [-0.3, -0.25) is 0 Å². The van der Waals surface area contributed by atoms with E-state index in [-0.39, 0.29) is 6.10 Å². The largest absolute Gasteiger partial charge is 0.461 e. The van der Waals surface area contributed by atoms with Crippen LogP contribution in [0.15, 0.2) is 0 Å². The summed E-state index contributed by atoms with van der Waals surface area (Å²) in [5, 5.41) is 10.1. The second-order valence-corrected chi connectivity index (χ2v) is 4.83. The van der Waals surface area contributed by atoms with Crippen LogP contribution in [0.3, 0.4) is 0 Å². The minimum atomic E-state index is -1.23. The number of aliphatic hydroxyl groups is 1. The quantitative estimate of drug-likeness (QED) is 0.742. The normalized spacial score (nSPS) is 28.9. The maximum Gasteiger partial charge on any atom is 0.338 e. The van der Waals surface area contributed by atoms with Crippen LogP contribution in [0.5, 0.6) is 0 Å². The Kier molecular flexibility index (Phi) is 3.82. The van der Waals surface area contributed by atoms with E-state index in [0.717, 1.165) is 38.7 Å². The van der Waals surface area contributed by atoms with Crippen molar-refractivity contribution in [3.05, 3.63) is 0 Å². The molecule has 0 aromatic rings. The number of carbonyl (C=O) groups excluding carboxylic acids is 1. The zero-order valence-electron chi connectivity index (χ0n) is 9.61. The highest BCUT2D eigenvalue weighted by Crippen LogP contribution is 2.29. The summed E-state index contributed by atoms with van der Waals surface area (Å²) < 4.78 is 10.5. The van der Waals surface area contributed by atoms with E-state index in [1.54, 1.807) is 0 Å². The van der Waals surface area contributed by atoms with Gasteiger partial charge in [-0.05, 0) is 38.5 Å². The van der Waals surface area contributed by atoms with Gasteiger partial charge in [-0.15, -0.1) is 0 Å². The number of esters is 1. The molecule has 2 aliphatic rings. The lowest BCUT2D eigenvalue weighted by atomic mass is 9.85. The van der Waals surface area contributed by atoms with Crippen molar-refractivity contribution in [1.29, 1.82) is 0 Å². The lowest BCUT2D eigenvalue weighted by molar-refractivity contribution is -0.171. The summed E-state index contributed by atoms with van der Waals surface area (Å²) in [6.45, 7) is 1.05. The average molecular weight is 228 g/mol. The van der Waals surface area contributed by atoms with Crippen molar-refractivity contribution in [1.82, 2.24) is 0 Å². The molecule has 16 heavy (non-hydrogen) atoms. The predicted molar refractivity (Wildman–Crippen MR) is 58.0 cm³/mol. The van der Waals surface area contributed by atoms with Crippen LogP contribution >= 0.6 is 0 Å². The molecule has 0 spiro atoms. The Morgan fingerprint density at radius 2 is 2.06 bits per heavy atom. The summed E-state index contributed by atoms with van der Waals surface area (Å²) in [5.41, 5.74) is -1.23. The van der Waals surface area contributed by atoms with Gasteiger partial charge in [0, 0.05) is 6.61 Å². The van der Waals surface area contributed by atoms with Crippen LogP contribution in [0.25, 0.3) is 0 Å². The van der Waals surface area contributed by atoms with Gasteiger partial charge in [0.05, 0.1) is 6.10 Å². The molecule has 0 unspecified atom stereocenters. The van der Waals surface area contributed by atoms with Crippen molar-refractivity contribution in [2.75, 3.05) is 13.2 Å². The van der Waals surface area contributed by atoms with Crippen LogP contribution in [0.4, 0.5) is 0 Å². The number of ether oxygens (including phenoxy) is 2. The third kappa shape index (κ3) is 2.74. The van der Waals surface area contributed by atoms with E-state index >= 15 is 0 Å². The van der Waals surface area contributed by atoms with Crippen LogP contribution in [-0.4, -0.2) is 36.0 Å². The Morgan fingerprint density at radius 3 is 2.69 bits per heavy atom. The van der Waals surface area contributed by atoms with Gasteiger partial charge in [0.15, 0.2) is 5.60 Å². The molecule has 1 atom stereocenters. The van der Waals surface area contributed by atoms with E-state index in [4.69, 9.17) is 9.47 Å². The summed E-state index contributed by atoms with van der Waals surface area (Å²) in [5.74, 6) is -0.456. The van der Waals surface area contributed by atoms with Crippen molar-refractivity contribution in [3.8, 4) is 0 Å². The third-order valence-electron chi connectivity index (χ3n) is 3.48. The molecule has 4 nitrogen and oxygen atoms in total. The highest BCUT2D eigenvalue weighted by molar-refractivity contribution is 5.79. The number of hydrogen-bond donors (Lipinski definition) is 1. The van der Waals surface area contributed by atoms with Gasteiger partial charge in [0.2, 0.25) is 0 Å². The fourth-order valence-corrected chi connectivity index (χ4v) is 2.42. The molecule has 0 aromatic heterocycles. The first-order chi connectivity index (χ1) is 7.71. The molecule has 2 fully saturated rings. The van der Waals surface area contributed by atoms with Crippen LogP contribution < -0.4 is 0 Å². The number of carbonyl (C=O) groups is 1. The van der Waals surface area contributed by atoms with Gasteiger partial charge in [0.1, 0.15) is 6.61 Å². The second-order valence-electron chi connectivity index (χ2n) is 4.83. The maximum atomic E-state index is 11.7. The van der Waals surface area contributed by atoms with Crippen molar-refractivity contribution in [2.45, 2.75) is 56.7 Å². The Balaban J connectivity index is 1.77. The summed E-state index contributed by atoms with van der Waals surface area (Å²) in [7, 11) is 0. The van der Waals surface area contributed by atoms with Crippen LogP contribution in [0.1, 0.15) is 44.9 Å². The SMILES string of the molecule is O=C(OC[C@H]1CCCO1)C1(O)CCCCC1. The molecule has 92 valence electrons. The van der Waals surface area contributed by atoms with Gasteiger partial charge in [-0.1, -0.05) is 6.42 Å². The summed E-state index contributed by atoms with van der Waals surface area (Å²) in [6.07, 6.45) is 6.02. The third-order valence-corrected chi connectivity index (χ3v) is 3.48. The molecule has 0 bridgehead atoms. The average Bonchev–Trinajstić information content (AvgIpc) is 2.79. The molecule has 0 aromatic carbocycles. The standard InChI is InChI=1S/C12H20O4/c13-11(12(14)6-2-1-3-7-12)16-9-10-5-4-8-15-10/h10,14H,1-9H2/t10-/m1/s1. The van der Waals surface area contributed by atoms with Crippen molar-refractivity contribution >= 4 is 5.97 Å². The maximum absolute atomic E-state index is 11.7. The lowest BCUT2D eigenvalue weighted by Gasteiger charge is -2.29. The predicted octanol–water partition coefficient (Wildman–Crippen LogP) is 1.40. The Bertz CT molecular complexity index is 239. The van der Waals surface area contributed by atoms with E-state index in [0.29, 0.717) is 19.4 Å². The fraction of sp³-hybridized carbons (Fsp3) is 0.917. The van der Waals surface area contributed by atoms with E-state index in [2.05, 4.69) is 0 Å². The van der Waals surface area contributed by atoms with E-state index in [9.17, 15) is 9.90 Å².